The molecule has 132 valence electrons. The third-order valence-corrected chi connectivity index (χ3v) is 5.76. The minimum absolute atomic E-state index is 0. The van der Waals surface area contributed by atoms with Gasteiger partial charge in [0.1, 0.15) is 0 Å². The lowest BCUT2D eigenvalue weighted by atomic mass is 9.85. The van der Waals surface area contributed by atoms with Gasteiger partial charge in [0, 0.05) is 39.1 Å². The lowest BCUT2D eigenvalue weighted by molar-refractivity contribution is -0.140. The molecule has 0 bridgehead atoms. The number of hydrogen-bond acceptors (Lipinski definition) is 3. The van der Waals surface area contributed by atoms with Gasteiger partial charge in [0.2, 0.25) is 11.8 Å². The van der Waals surface area contributed by atoms with Crippen molar-refractivity contribution >= 4 is 24.2 Å². The maximum atomic E-state index is 12.7. The number of hydrogen-bond donors (Lipinski definition) is 1. The van der Waals surface area contributed by atoms with Crippen LogP contribution < -0.4 is 5.32 Å². The molecule has 0 aromatic heterocycles. The van der Waals surface area contributed by atoms with Crippen LogP contribution in [0.4, 0.5) is 0 Å². The first kappa shape index (κ1) is 18.5. The quantitative estimate of drug-likeness (QED) is 0.829. The van der Waals surface area contributed by atoms with Crippen LogP contribution >= 0.6 is 12.4 Å². The number of halogens is 1. The number of amides is 2. The highest BCUT2D eigenvalue weighted by molar-refractivity contribution is 5.85. The Labute approximate surface area is 145 Å². The van der Waals surface area contributed by atoms with Gasteiger partial charge in [0.25, 0.3) is 0 Å². The van der Waals surface area contributed by atoms with Gasteiger partial charge in [-0.1, -0.05) is 12.8 Å². The van der Waals surface area contributed by atoms with E-state index >= 15 is 0 Å². The first-order valence-electron chi connectivity index (χ1n) is 8.82. The summed E-state index contributed by atoms with van der Waals surface area (Å²) in [6.07, 6.45) is 7.76. The molecule has 2 aliphatic heterocycles. The zero-order valence-corrected chi connectivity index (χ0v) is 15.1. The van der Waals surface area contributed by atoms with Crippen molar-refractivity contribution in [1.82, 2.24) is 15.1 Å². The summed E-state index contributed by atoms with van der Waals surface area (Å²) in [5, 5.41) is 3.58. The Balaban J connectivity index is 0.00000192. The van der Waals surface area contributed by atoms with Gasteiger partial charge in [-0.05, 0) is 38.0 Å². The van der Waals surface area contributed by atoms with Crippen LogP contribution in [0.1, 0.15) is 44.9 Å². The van der Waals surface area contributed by atoms with E-state index in [2.05, 4.69) is 5.32 Å². The minimum Gasteiger partial charge on any atom is -0.349 e. The highest BCUT2D eigenvalue weighted by Gasteiger charge is 2.40. The highest BCUT2D eigenvalue weighted by atomic mass is 35.5. The molecule has 3 rings (SSSR count). The van der Waals surface area contributed by atoms with Crippen LogP contribution in [0.15, 0.2) is 0 Å². The van der Waals surface area contributed by atoms with Gasteiger partial charge in [-0.15, -0.1) is 12.4 Å². The second-order valence-corrected chi connectivity index (χ2v) is 7.44. The van der Waals surface area contributed by atoms with Crippen molar-refractivity contribution in [3.05, 3.63) is 0 Å². The van der Waals surface area contributed by atoms with E-state index in [1.54, 1.807) is 4.90 Å². The van der Waals surface area contributed by atoms with E-state index in [4.69, 9.17) is 0 Å². The number of nitrogens with one attached hydrogen (secondary N) is 1. The fourth-order valence-electron chi connectivity index (χ4n) is 4.44. The Hall–Kier alpha value is -0.810. The van der Waals surface area contributed by atoms with E-state index in [9.17, 15) is 9.59 Å². The summed E-state index contributed by atoms with van der Waals surface area (Å²) in [5.41, 5.74) is 0. The van der Waals surface area contributed by atoms with E-state index in [0.717, 1.165) is 32.4 Å². The molecule has 3 unspecified atom stereocenters. The average Bonchev–Trinajstić information content (AvgIpc) is 2.97. The highest BCUT2D eigenvalue weighted by Crippen LogP contribution is 2.34. The number of rotatable bonds is 2. The fourth-order valence-corrected chi connectivity index (χ4v) is 4.44. The molecule has 2 heterocycles. The maximum Gasteiger partial charge on any atom is 0.239 e. The summed E-state index contributed by atoms with van der Waals surface area (Å²) in [4.78, 5) is 28.4. The molecule has 0 aromatic rings. The van der Waals surface area contributed by atoms with Gasteiger partial charge in [0.15, 0.2) is 0 Å². The molecule has 0 radical (unpaired) electrons. The topological polar surface area (TPSA) is 52.7 Å². The Kier molecular flexibility index (Phi) is 6.32. The molecule has 3 atom stereocenters. The summed E-state index contributed by atoms with van der Waals surface area (Å²) in [6, 6.07) is 0.588. The summed E-state index contributed by atoms with van der Waals surface area (Å²) in [7, 11) is 3.62. The van der Waals surface area contributed by atoms with Crippen LogP contribution in [-0.4, -0.2) is 60.9 Å². The number of nitrogens with zero attached hydrogens (tertiary/aromatic N) is 2. The Bertz CT molecular complexity index is 422. The molecule has 1 aliphatic carbocycles. The summed E-state index contributed by atoms with van der Waals surface area (Å²) in [6.45, 7) is 1.47. The number of carbonyl (C=O) groups excluding carboxylic acids is 2. The molecular formula is C17H30ClN3O2. The van der Waals surface area contributed by atoms with Gasteiger partial charge in [0.05, 0.1) is 6.04 Å². The number of likely N-dealkylation sites (tertiary alicyclic amines) is 1. The minimum atomic E-state index is 0. The van der Waals surface area contributed by atoms with Gasteiger partial charge >= 0.3 is 0 Å². The molecule has 0 aromatic carbocycles. The van der Waals surface area contributed by atoms with E-state index in [1.165, 1.54) is 25.7 Å². The number of fused-ring (bicyclic) bond motifs is 1. The largest absolute Gasteiger partial charge is 0.349 e. The summed E-state index contributed by atoms with van der Waals surface area (Å²) < 4.78 is 0. The predicted octanol–water partition coefficient (Wildman–Crippen LogP) is 1.66. The smallest absolute Gasteiger partial charge is 0.239 e. The molecular weight excluding hydrogens is 314 g/mol. The summed E-state index contributed by atoms with van der Waals surface area (Å²) >= 11 is 0. The maximum absolute atomic E-state index is 12.7. The lowest BCUT2D eigenvalue weighted by Gasteiger charge is -2.34. The third kappa shape index (κ3) is 4.00. The third-order valence-electron chi connectivity index (χ3n) is 5.76. The van der Waals surface area contributed by atoms with E-state index in [0.29, 0.717) is 12.0 Å². The van der Waals surface area contributed by atoms with Crippen LogP contribution in [0.2, 0.25) is 0 Å². The summed E-state index contributed by atoms with van der Waals surface area (Å²) in [5.74, 6) is 1.27. The SMILES string of the molecule is CN(C)C(=O)C1CCN(C(=O)C2CC3CCCCC3N2)CC1.Cl. The van der Waals surface area contributed by atoms with E-state index < -0.39 is 0 Å². The van der Waals surface area contributed by atoms with Crippen LogP contribution in [0.25, 0.3) is 0 Å². The van der Waals surface area contributed by atoms with Crippen molar-refractivity contribution in [3.8, 4) is 0 Å². The van der Waals surface area contributed by atoms with Gasteiger partial charge in [-0.2, -0.15) is 0 Å². The molecule has 1 saturated carbocycles. The van der Waals surface area contributed by atoms with Gasteiger partial charge in [-0.25, -0.2) is 0 Å². The molecule has 3 aliphatic rings. The van der Waals surface area contributed by atoms with E-state index in [1.807, 2.05) is 19.0 Å². The molecule has 0 spiro atoms. The molecule has 5 nitrogen and oxygen atoms in total. The number of carbonyl (C=O) groups is 2. The van der Waals surface area contributed by atoms with Crippen molar-refractivity contribution in [2.24, 2.45) is 11.8 Å². The molecule has 1 N–H and O–H groups in total. The zero-order valence-electron chi connectivity index (χ0n) is 14.3. The Morgan fingerprint density at radius 3 is 2.30 bits per heavy atom. The van der Waals surface area contributed by atoms with Crippen LogP contribution in [0.5, 0.6) is 0 Å². The molecule has 2 saturated heterocycles. The molecule has 2 amide bonds. The van der Waals surface area contributed by atoms with Crippen LogP contribution in [0.3, 0.4) is 0 Å². The molecule has 3 fully saturated rings. The predicted molar refractivity (Wildman–Crippen MR) is 92.5 cm³/mol. The van der Waals surface area contributed by atoms with Crippen molar-refractivity contribution in [2.75, 3.05) is 27.2 Å². The van der Waals surface area contributed by atoms with E-state index in [-0.39, 0.29) is 36.2 Å². The van der Waals surface area contributed by atoms with Crippen LogP contribution in [0, 0.1) is 11.8 Å². The first-order chi connectivity index (χ1) is 10.6. The van der Waals surface area contributed by atoms with Gasteiger partial charge in [-0.3, -0.25) is 9.59 Å². The standard InChI is InChI=1S/C17H29N3O2.ClH/c1-19(2)16(21)12-7-9-20(10-8-12)17(22)15-11-13-5-3-4-6-14(13)18-15;/h12-15,18H,3-11H2,1-2H3;1H. The fraction of sp³-hybridized carbons (Fsp3) is 0.882. The first-order valence-corrected chi connectivity index (χ1v) is 8.82. The second kappa shape index (κ2) is 7.84. The Morgan fingerprint density at radius 2 is 1.70 bits per heavy atom. The van der Waals surface area contributed by atoms with Crippen LogP contribution in [-0.2, 0) is 9.59 Å². The zero-order chi connectivity index (χ0) is 15.7. The average molecular weight is 344 g/mol. The second-order valence-electron chi connectivity index (χ2n) is 7.44. The molecule has 23 heavy (non-hydrogen) atoms. The normalized spacial score (nSPS) is 31.2. The number of piperidine rings is 1. The van der Waals surface area contributed by atoms with Crippen molar-refractivity contribution < 1.29 is 9.59 Å². The monoisotopic (exact) mass is 343 g/mol. The molecule has 6 heteroatoms. The van der Waals surface area contributed by atoms with Crippen molar-refractivity contribution in [1.29, 1.82) is 0 Å². The van der Waals surface area contributed by atoms with Crippen molar-refractivity contribution in [2.45, 2.75) is 57.0 Å². The van der Waals surface area contributed by atoms with Gasteiger partial charge < -0.3 is 15.1 Å². The Morgan fingerprint density at radius 1 is 1.04 bits per heavy atom. The lowest BCUT2D eigenvalue weighted by Crippen LogP contribution is -2.49. The van der Waals surface area contributed by atoms with Crippen molar-refractivity contribution in [3.63, 3.8) is 0 Å².